The zero-order valence-corrected chi connectivity index (χ0v) is 18.4. The van der Waals surface area contributed by atoms with Crippen LogP contribution in [-0.2, 0) is 6.54 Å². The molecular weight excluding hydrogens is 479 g/mol. The van der Waals surface area contributed by atoms with Crippen LogP contribution in [0.1, 0.15) is 51.4 Å². The molecule has 13 heteroatoms. The highest BCUT2D eigenvalue weighted by molar-refractivity contribution is 6.31. The standard InChI is InChI=1S/C21H17ClF3N5O4/c1-11(12-6-15(22)19(27-7-12)34-5-3-21(23,24)25)30-8-14-13(20(30)32)2-4-26-17(14)29-18(31)16-9-33-10-28-16/h2,4,6-7,9-11H,3,5,8H2,1H3,(H,26,29,31). The fraction of sp³-hybridized carbons (Fsp3) is 0.286. The van der Waals surface area contributed by atoms with E-state index in [1.165, 1.54) is 29.6 Å². The number of carbonyl (C=O) groups is 2. The second-order valence-corrected chi connectivity index (χ2v) is 7.80. The molecule has 0 bridgehead atoms. The number of hydrogen-bond donors (Lipinski definition) is 1. The highest BCUT2D eigenvalue weighted by Crippen LogP contribution is 2.35. The van der Waals surface area contributed by atoms with Crippen molar-refractivity contribution in [3.05, 3.63) is 64.6 Å². The third kappa shape index (κ3) is 4.96. The predicted molar refractivity (Wildman–Crippen MR) is 112 cm³/mol. The van der Waals surface area contributed by atoms with Gasteiger partial charge in [-0.2, -0.15) is 13.2 Å². The number of nitrogens with one attached hydrogen (secondary N) is 1. The molecule has 2 amide bonds. The van der Waals surface area contributed by atoms with Crippen molar-refractivity contribution in [1.82, 2.24) is 19.9 Å². The van der Waals surface area contributed by atoms with Gasteiger partial charge < -0.3 is 19.4 Å². The van der Waals surface area contributed by atoms with Crippen LogP contribution < -0.4 is 10.1 Å². The molecule has 0 aliphatic carbocycles. The van der Waals surface area contributed by atoms with Gasteiger partial charge in [0.2, 0.25) is 5.88 Å². The van der Waals surface area contributed by atoms with Crippen molar-refractivity contribution in [2.24, 2.45) is 0 Å². The molecule has 0 fully saturated rings. The van der Waals surface area contributed by atoms with Gasteiger partial charge in [-0.15, -0.1) is 0 Å². The third-order valence-corrected chi connectivity index (χ3v) is 5.45. The van der Waals surface area contributed by atoms with E-state index < -0.39 is 31.2 Å². The molecule has 0 spiro atoms. The number of halogens is 4. The molecule has 1 atom stereocenters. The summed E-state index contributed by atoms with van der Waals surface area (Å²) in [6.45, 7) is 1.29. The molecule has 3 aromatic rings. The van der Waals surface area contributed by atoms with E-state index in [0.717, 1.165) is 6.39 Å². The molecule has 1 N–H and O–H groups in total. The summed E-state index contributed by atoms with van der Waals surface area (Å²) < 4.78 is 46.8. The fourth-order valence-corrected chi connectivity index (χ4v) is 3.61. The SMILES string of the molecule is CC(c1cnc(OCCC(F)(F)F)c(Cl)c1)N1Cc2c(ccnc2NC(=O)c2cocn2)C1=O. The smallest absolute Gasteiger partial charge is 0.392 e. The van der Waals surface area contributed by atoms with Crippen molar-refractivity contribution in [3.63, 3.8) is 0 Å². The number of alkyl halides is 3. The third-order valence-electron chi connectivity index (χ3n) is 5.18. The van der Waals surface area contributed by atoms with Crippen molar-refractivity contribution in [1.29, 1.82) is 0 Å². The van der Waals surface area contributed by atoms with Gasteiger partial charge in [-0.25, -0.2) is 15.0 Å². The van der Waals surface area contributed by atoms with Crippen molar-refractivity contribution < 1.29 is 31.9 Å². The first kappa shape index (κ1) is 23.5. The molecule has 0 radical (unpaired) electrons. The second kappa shape index (κ2) is 9.29. The zero-order valence-electron chi connectivity index (χ0n) is 17.6. The maximum absolute atomic E-state index is 13.0. The molecule has 34 heavy (non-hydrogen) atoms. The highest BCUT2D eigenvalue weighted by atomic mass is 35.5. The van der Waals surface area contributed by atoms with Crippen LogP contribution in [0.25, 0.3) is 0 Å². The number of rotatable bonds is 7. The van der Waals surface area contributed by atoms with Crippen molar-refractivity contribution >= 4 is 29.2 Å². The topological polar surface area (TPSA) is 110 Å². The Morgan fingerprint density at radius 3 is 2.82 bits per heavy atom. The van der Waals surface area contributed by atoms with E-state index in [2.05, 4.69) is 20.3 Å². The summed E-state index contributed by atoms with van der Waals surface area (Å²) in [6, 6.07) is 2.55. The van der Waals surface area contributed by atoms with Gasteiger partial charge in [0.05, 0.1) is 25.6 Å². The van der Waals surface area contributed by atoms with Crippen LogP contribution in [0.4, 0.5) is 19.0 Å². The van der Waals surface area contributed by atoms with Crippen LogP contribution in [0.2, 0.25) is 5.02 Å². The van der Waals surface area contributed by atoms with Crippen LogP contribution in [-0.4, -0.2) is 44.4 Å². The summed E-state index contributed by atoms with van der Waals surface area (Å²) >= 11 is 6.14. The number of pyridine rings is 2. The summed E-state index contributed by atoms with van der Waals surface area (Å²) in [4.78, 5) is 38.9. The molecule has 3 aromatic heterocycles. The minimum Gasteiger partial charge on any atom is -0.476 e. The molecule has 1 unspecified atom stereocenters. The number of carbonyl (C=O) groups excluding carboxylic acids is 2. The lowest BCUT2D eigenvalue weighted by molar-refractivity contribution is -0.139. The first-order valence-corrected chi connectivity index (χ1v) is 10.3. The molecule has 9 nitrogen and oxygen atoms in total. The second-order valence-electron chi connectivity index (χ2n) is 7.39. The van der Waals surface area contributed by atoms with Gasteiger partial charge in [-0.3, -0.25) is 9.59 Å². The molecule has 0 saturated heterocycles. The Balaban J connectivity index is 1.48. The number of nitrogens with zero attached hydrogens (tertiary/aromatic N) is 4. The maximum Gasteiger partial charge on any atom is 0.392 e. The highest BCUT2D eigenvalue weighted by Gasteiger charge is 2.34. The number of amides is 2. The number of oxazole rings is 1. The fourth-order valence-electron chi connectivity index (χ4n) is 3.38. The molecule has 1 aliphatic heterocycles. The minimum absolute atomic E-state index is 0.0258. The Labute approximate surface area is 195 Å². The number of anilines is 1. The van der Waals surface area contributed by atoms with Crippen molar-refractivity contribution in [2.75, 3.05) is 11.9 Å². The Bertz CT molecular complexity index is 1220. The summed E-state index contributed by atoms with van der Waals surface area (Å²) in [6.07, 6.45) is -0.376. The Morgan fingerprint density at radius 1 is 1.35 bits per heavy atom. The van der Waals surface area contributed by atoms with E-state index >= 15 is 0 Å². The predicted octanol–water partition coefficient (Wildman–Crippen LogP) is 4.42. The van der Waals surface area contributed by atoms with E-state index in [-0.39, 0.29) is 34.9 Å². The van der Waals surface area contributed by atoms with Crippen LogP contribution in [0, 0.1) is 0 Å². The van der Waals surface area contributed by atoms with Crippen molar-refractivity contribution in [3.8, 4) is 5.88 Å². The maximum atomic E-state index is 13.0. The Morgan fingerprint density at radius 2 is 2.15 bits per heavy atom. The molecule has 178 valence electrons. The lowest BCUT2D eigenvalue weighted by atomic mass is 10.1. The molecule has 0 saturated carbocycles. The molecule has 0 aromatic carbocycles. The quantitative estimate of drug-likeness (QED) is 0.516. The summed E-state index contributed by atoms with van der Waals surface area (Å²) in [5, 5.41) is 2.66. The van der Waals surface area contributed by atoms with Gasteiger partial charge in [0.15, 0.2) is 12.1 Å². The van der Waals surface area contributed by atoms with E-state index in [9.17, 15) is 22.8 Å². The first-order chi connectivity index (χ1) is 16.1. The van der Waals surface area contributed by atoms with Crippen molar-refractivity contribution in [2.45, 2.75) is 32.1 Å². The number of fused-ring (bicyclic) bond motifs is 1. The van der Waals surface area contributed by atoms with Crippen LogP contribution in [0.3, 0.4) is 0 Å². The van der Waals surface area contributed by atoms with E-state index in [1.54, 1.807) is 13.0 Å². The van der Waals surface area contributed by atoms with Gasteiger partial charge >= 0.3 is 6.18 Å². The lowest BCUT2D eigenvalue weighted by Gasteiger charge is -2.25. The Kier molecular flexibility index (Phi) is 6.42. The van der Waals surface area contributed by atoms with E-state index in [0.29, 0.717) is 16.7 Å². The summed E-state index contributed by atoms with van der Waals surface area (Å²) in [7, 11) is 0. The molecule has 4 heterocycles. The zero-order chi connectivity index (χ0) is 24.5. The average Bonchev–Trinajstić information content (AvgIpc) is 3.43. The monoisotopic (exact) mass is 495 g/mol. The van der Waals surface area contributed by atoms with Gasteiger partial charge in [-0.05, 0) is 24.6 Å². The first-order valence-electron chi connectivity index (χ1n) is 9.97. The minimum atomic E-state index is -4.35. The van der Waals surface area contributed by atoms with Gasteiger partial charge in [0.1, 0.15) is 17.1 Å². The van der Waals surface area contributed by atoms with E-state index in [4.69, 9.17) is 20.8 Å². The summed E-state index contributed by atoms with van der Waals surface area (Å²) in [5.74, 6) is -0.729. The molecular formula is C21H17ClF3N5O4. The van der Waals surface area contributed by atoms with Crippen LogP contribution in [0.15, 0.2) is 41.6 Å². The van der Waals surface area contributed by atoms with Crippen LogP contribution >= 0.6 is 11.6 Å². The lowest BCUT2D eigenvalue weighted by Crippen LogP contribution is -2.27. The number of hydrogen-bond acceptors (Lipinski definition) is 7. The molecule has 4 rings (SSSR count). The normalized spacial score (nSPS) is 14.1. The number of aromatic nitrogens is 3. The Hall–Kier alpha value is -3.67. The van der Waals surface area contributed by atoms with Gasteiger partial charge in [0, 0.05) is 23.5 Å². The summed E-state index contributed by atoms with van der Waals surface area (Å²) in [5.41, 5.74) is 1.52. The number of ether oxygens (including phenoxy) is 1. The van der Waals surface area contributed by atoms with Gasteiger partial charge in [0.25, 0.3) is 11.8 Å². The largest absolute Gasteiger partial charge is 0.476 e. The average molecular weight is 496 g/mol. The molecule has 1 aliphatic rings. The van der Waals surface area contributed by atoms with Crippen LogP contribution in [0.5, 0.6) is 5.88 Å². The van der Waals surface area contributed by atoms with E-state index in [1.807, 2.05) is 0 Å². The van der Waals surface area contributed by atoms with Gasteiger partial charge in [-0.1, -0.05) is 11.6 Å².